The molecule has 2 N–H and O–H groups in total. The summed E-state index contributed by atoms with van der Waals surface area (Å²) in [4.78, 5) is 16.7. The number of carbonyl (C=O) groups is 1. The lowest BCUT2D eigenvalue weighted by atomic mass is 10.1. The number of halogens is 1. The van der Waals surface area contributed by atoms with Gasteiger partial charge in [0, 0.05) is 11.1 Å². The molecule has 1 heterocycles. The van der Waals surface area contributed by atoms with Crippen molar-refractivity contribution in [1.29, 1.82) is 0 Å². The fourth-order valence-corrected chi connectivity index (χ4v) is 4.11. The number of nitrogens with zero attached hydrogens (tertiary/aromatic N) is 1. The maximum Gasteiger partial charge on any atom is 0.261 e. The number of nitrogens with one attached hydrogen (secondary N) is 2. The number of aryl methyl sites for hydroxylation is 1. The zero-order chi connectivity index (χ0) is 19.4. The van der Waals surface area contributed by atoms with Crippen LogP contribution in [0.5, 0.6) is 0 Å². The van der Waals surface area contributed by atoms with E-state index in [1.165, 1.54) is 23.5 Å². The number of benzene rings is 2. The van der Waals surface area contributed by atoms with E-state index in [4.69, 9.17) is 0 Å². The van der Waals surface area contributed by atoms with Gasteiger partial charge in [-0.2, -0.15) is 0 Å². The highest BCUT2D eigenvalue weighted by molar-refractivity contribution is 7.92. The van der Waals surface area contributed by atoms with Crippen molar-refractivity contribution in [3.8, 4) is 0 Å². The van der Waals surface area contributed by atoms with Gasteiger partial charge in [0.25, 0.3) is 15.9 Å². The van der Waals surface area contributed by atoms with Crippen LogP contribution in [0.25, 0.3) is 0 Å². The van der Waals surface area contributed by atoms with E-state index in [9.17, 15) is 17.6 Å². The SMILES string of the molecule is Cc1csc(CNC(=O)c2ccccc2NS(=O)(=O)c2ccc(F)cc2)n1. The zero-order valence-corrected chi connectivity index (χ0v) is 15.9. The number of thiazole rings is 1. The van der Waals surface area contributed by atoms with Gasteiger partial charge in [0.2, 0.25) is 0 Å². The van der Waals surface area contributed by atoms with Gasteiger partial charge in [-0.25, -0.2) is 17.8 Å². The maximum atomic E-state index is 13.0. The Kier molecular flexibility index (Phi) is 5.52. The highest BCUT2D eigenvalue weighted by Gasteiger charge is 2.18. The quantitative estimate of drug-likeness (QED) is 0.659. The minimum Gasteiger partial charge on any atom is -0.345 e. The van der Waals surface area contributed by atoms with E-state index in [0.717, 1.165) is 35.0 Å². The maximum absolute atomic E-state index is 13.0. The van der Waals surface area contributed by atoms with E-state index in [1.807, 2.05) is 12.3 Å². The number of amides is 1. The first kappa shape index (κ1) is 19.0. The molecule has 3 rings (SSSR count). The number of carbonyl (C=O) groups excluding carboxylic acids is 1. The predicted molar refractivity (Wildman–Crippen MR) is 102 cm³/mol. The average molecular weight is 405 g/mol. The lowest BCUT2D eigenvalue weighted by Gasteiger charge is -2.12. The molecular weight excluding hydrogens is 389 g/mol. The highest BCUT2D eigenvalue weighted by Crippen LogP contribution is 2.20. The largest absolute Gasteiger partial charge is 0.345 e. The van der Waals surface area contributed by atoms with Gasteiger partial charge < -0.3 is 5.32 Å². The summed E-state index contributed by atoms with van der Waals surface area (Å²) in [6, 6.07) is 10.7. The Morgan fingerprint density at radius 1 is 1.15 bits per heavy atom. The van der Waals surface area contributed by atoms with Crippen LogP contribution in [-0.2, 0) is 16.6 Å². The third-order valence-electron chi connectivity index (χ3n) is 3.61. The van der Waals surface area contributed by atoms with Gasteiger partial charge in [-0.1, -0.05) is 12.1 Å². The van der Waals surface area contributed by atoms with Crippen molar-refractivity contribution in [1.82, 2.24) is 10.3 Å². The summed E-state index contributed by atoms with van der Waals surface area (Å²) in [5, 5.41) is 5.36. The van der Waals surface area contributed by atoms with Gasteiger partial charge in [-0.15, -0.1) is 11.3 Å². The van der Waals surface area contributed by atoms with Gasteiger partial charge in [-0.05, 0) is 43.3 Å². The standard InChI is InChI=1S/C18H16FN3O3S2/c1-12-11-26-17(21-12)10-20-18(23)15-4-2-3-5-16(15)22-27(24,25)14-8-6-13(19)7-9-14/h2-9,11,22H,10H2,1H3,(H,20,23). The van der Waals surface area contributed by atoms with Gasteiger partial charge in [0.15, 0.2) is 0 Å². The van der Waals surface area contributed by atoms with Crippen LogP contribution in [0.3, 0.4) is 0 Å². The van der Waals surface area contributed by atoms with E-state index in [0.29, 0.717) is 0 Å². The predicted octanol–water partition coefficient (Wildman–Crippen LogP) is 3.32. The average Bonchev–Trinajstić information content (AvgIpc) is 3.05. The Morgan fingerprint density at radius 3 is 2.52 bits per heavy atom. The van der Waals surface area contributed by atoms with Crippen molar-refractivity contribution in [3.05, 3.63) is 76.0 Å². The molecule has 0 spiro atoms. The van der Waals surface area contributed by atoms with E-state index in [1.54, 1.807) is 12.1 Å². The number of aromatic nitrogens is 1. The molecule has 1 amide bonds. The molecule has 0 bridgehead atoms. The molecule has 0 atom stereocenters. The fraction of sp³-hybridized carbons (Fsp3) is 0.111. The van der Waals surface area contributed by atoms with Gasteiger partial charge >= 0.3 is 0 Å². The van der Waals surface area contributed by atoms with Crippen molar-refractivity contribution in [2.75, 3.05) is 4.72 Å². The molecule has 1 aromatic heterocycles. The molecular formula is C18H16FN3O3S2. The Bertz CT molecular complexity index is 1060. The van der Waals surface area contributed by atoms with Crippen LogP contribution in [0.2, 0.25) is 0 Å². The smallest absolute Gasteiger partial charge is 0.261 e. The molecule has 9 heteroatoms. The topological polar surface area (TPSA) is 88.2 Å². The van der Waals surface area contributed by atoms with Crippen molar-refractivity contribution in [2.45, 2.75) is 18.4 Å². The summed E-state index contributed by atoms with van der Waals surface area (Å²) >= 11 is 1.43. The Labute approximate surface area is 160 Å². The lowest BCUT2D eigenvalue weighted by molar-refractivity contribution is 0.0951. The van der Waals surface area contributed by atoms with E-state index >= 15 is 0 Å². The highest BCUT2D eigenvalue weighted by atomic mass is 32.2. The van der Waals surface area contributed by atoms with Crippen LogP contribution in [0.1, 0.15) is 21.1 Å². The Morgan fingerprint density at radius 2 is 1.85 bits per heavy atom. The minimum atomic E-state index is -3.96. The number of hydrogen-bond acceptors (Lipinski definition) is 5. The number of para-hydroxylation sites is 1. The molecule has 0 aliphatic carbocycles. The summed E-state index contributed by atoms with van der Waals surface area (Å²) in [6.45, 7) is 2.11. The molecule has 140 valence electrons. The van der Waals surface area contributed by atoms with E-state index in [-0.39, 0.29) is 22.7 Å². The molecule has 27 heavy (non-hydrogen) atoms. The van der Waals surface area contributed by atoms with Crippen molar-refractivity contribution < 1.29 is 17.6 Å². The summed E-state index contributed by atoms with van der Waals surface area (Å²) in [5.41, 5.74) is 1.18. The van der Waals surface area contributed by atoms with Crippen molar-refractivity contribution in [2.24, 2.45) is 0 Å². The minimum absolute atomic E-state index is 0.0997. The number of rotatable bonds is 6. The normalized spacial score (nSPS) is 11.2. The summed E-state index contributed by atoms with van der Waals surface area (Å²) in [7, 11) is -3.96. The van der Waals surface area contributed by atoms with Crippen LogP contribution in [-0.4, -0.2) is 19.3 Å². The molecule has 0 aliphatic heterocycles. The van der Waals surface area contributed by atoms with Crippen LogP contribution >= 0.6 is 11.3 Å². The second-order valence-corrected chi connectivity index (χ2v) is 8.30. The Hall–Kier alpha value is -2.78. The third kappa shape index (κ3) is 4.69. The monoisotopic (exact) mass is 405 g/mol. The van der Waals surface area contributed by atoms with Crippen molar-refractivity contribution in [3.63, 3.8) is 0 Å². The Balaban J connectivity index is 1.78. The first-order chi connectivity index (χ1) is 12.8. The van der Waals surface area contributed by atoms with Gasteiger partial charge in [0.05, 0.1) is 22.7 Å². The molecule has 0 aliphatic rings. The first-order valence-electron chi connectivity index (χ1n) is 7.92. The van der Waals surface area contributed by atoms with Crippen molar-refractivity contribution >= 4 is 33.0 Å². The molecule has 2 aromatic carbocycles. The summed E-state index contributed by atoms with van der Waals surface area (Å²) in [5.74, 6) is -0.966. The molecule has 6 nitrogen and oxygen atoms in total. The third-order valence-corrected chi connectivity index (χ3v) is 5.95. The summed E-state index contributed by atoms with van der Waals surface area (Å²) < 4.78 is 40.4. The van der Waals surface area contributed by atoms with Crippen LogP contribution < -0.4 is 10.0 Å². The second kappa shape index (κ2) is 7.85. The van der Waals surface area contributed by atoms with Gasteiger partial charge in [-0.3, -0.25) is 9.52 Å². The van der Waals surface area contributed by atoms with E-state index in [2.05, 4.69) is 15.0 Å². The molecule has 0 saturated heterocycles. The molecule has 3 aromatic rings. The van der Waals surface area contributed by atoms with Crippen LogP contribution in [0.15, 0.2) is 58.8 Å². The number of sulfonamides is 1. The number of hydrogen-bond donors (Lipinski definition) is 2. The number of anilines is 1. The molecule has 0 radical (unpaired) electrons. The fourth-order valence-electron chi connectivity index (χ4n) is 2.32. The van der Waals surface area contributed by atoms with Crippen LogP contribution in [0, 0.1) is 12.7 Å². The molecule has 0 unspecified atom stereocenters. The molecule has 0 saturated carbocycles. The zero-order valence-electron chi connectivity index (χ0n) is 14.3. The van der Waals surface area contributed by atoms with E-state index < -0.39 is 21.7 Å². The lowest BCUT2D eigenvalue weighted by Crippen LogP contribution is -2.25. The summed E-state index contributed by atoms with van der Waals surface area (Å²) in [6.07, 6.45) is 0. The second-order valence-electron chi connectivity index (χ2n) is 5.67. The van der Waals surface area contributed by atoms with Crippen LogP contribution in [0.4, 0.5) is 10.1 Å². The van der Waals surface area contributed by atoms with Gasteiger partial charge in [0.1, 0.15) is 10.8 Å². The first-order valence-corrected chi connectivity index (χ1v) is 10.3. The molecule has 0 fully saturated rings.